The Morgan fingerprint density at radius 1 is 1.04 bits per heavy atom. The molecule has 0 unspecified atom stereocenters. The minimum Gasteiger partial charge on any atom is -0.445 e. The average molecular weight is 316 g/mol. The fraction of sp³-hybridized carbons (Fsp3) is 0.632. The topological polar surface area (TPSA) is 41.6 Å². The molecule has 1 aromatic rings. The summed E-state index contributed by atoms with van der Waals surface area (Å²) in [6.45, 7) is 2.55. The smallest absolute Gasteiger partial charge is 0.407 e. The number of hydrogen-bond donors (Lipinski definition) is 1. The van der Waals surface area contributed by atoms with Crippen LogP contribution in [0.4, 0.5) is 4.79 Å². The van der Waals surface area contributed by atoms with E-state index in [1.165, 1.54) is 32.1 Å². The third kappa shape index (κ3) is 4.96. The van der Waals surface area contributed by atoms with E-state index in [4.69, 9.17) is 4.74 Å². The summed E-state index contributed by atoms with van der Waals surface area (Å²) in [7, 11) is 0. The second kappa shape index (κ2) is 8.34. The molecule has 1 heterocycles. The third-order valence-electron chi connectivity index (χ3n) is 5.16. The van der Waals surface area contributed by atoms with E-state index in [0.717, 1.165) is 37.5 Å². The number of nitrogens with zero attached hydrogens (tertiary/aromatic N) is 1. The first-order valence-corrected chi connectivity index (χ1v) is 9.02. The number of amides is 1. The molecule has 1 saturated heterocycles. The van der Waals surface area contributed by atoms with Crippen molar-refractivity contribution in [2.75, 3.05) is 13.1 Å². The normalized spacial score (nSPS) is 21.0. The zero-order valence-corrected chi connectivity index (χ0v) is 13.9. The zero-order chi connectivity index (χ0) is 15.9. The van der Waals surface area contributed by atoms with Gasteiger partial charge in [-0.05, 0) is 31.2 Å². The zero-order valence-electron chi connectivity index (χ0n) is 13.9. The van der Waals surface area contributed by atoms with Gasteiger partial charge < -0.3 is 15.0 Å². The first-order chi connectivity index (χ1) is 11.3. The first kappa shape index (κ1) is 16.3. The lowest BCUT2D eigenvalue weighted by atomic mass is 9.92. The van der Waals surface area contributed by atoms with Gasteiger partial charge in [-0.15, -0.1) is 0 Å². The lowest BCUT2D eigenvalue weighted by Crippen LogP contribution is -2.48. The van der Waals surface area contributed by atoms with Crippen LogP contribution in [0.5, 0.6) is 0 Å². The number of ether oxygens (including phenoxy) is 1. The highest BCUT2D eigenvalue weighted by Crippen LogP contribution is 2.25. The van der Waals surface area contributed by atoms with Gasteiger partial charge in [0, 0.05) is 25.2 Å². The van der Waals surface area contributed by atoms with E-state index >= 15 is 0 Å². The molecule has 4 heteroatoms. The lowest BCUT2D eigenvalue weighted by molar-refractivity contribution is 0.103. The predicted octanol–water partition coefficient (Wildman–Crippen LogP) is 3.71. The number of likely N-dealkylation sites (tertiary alicyclic amines) is 1. The second-order valence-corrected chi connectivity index (χ2v) is 6.81. The number of rotatable bonds is 4. The van der Waals surface area contributed by atoms with Gasteiger partial charge in [0.25, 0.3) is 0 Å². The van der Waals surface area contributed by atoms with E-state index in [1.807, 2.05) is 30.3 Å². The molecular weight excluding hydrogens is 288 g/mol. The standard InChI is InChI=1S/C19H28N2O2/c22-19(23-15-16-7-3-1-4-8-16)20-17-11-13-21(14-12-17)18-9-5-2-6-10-18/h1,3-4,7-8,17-18H,2,5-6,9-15H2,(H,20,22). The van der Waals surface area contributed by atoms with Crippen LogP contribution in [0.1, 0.15) is 50.5 Å². The Bertz CT molecular complexity index is 477. The number of hydrogen-bond acceptors (Lipinski definition) is 3. The maximum atomic E-state index is 11.9. The lowest BCUT2D eigenvalue weighted by Gasteiger charge is -2.39. The SMILES string of the molecule is O=C(NC1CCN(C2CCCCC2)CC1)OCc1ccccc1. The number of benzene rings is 1. The monoisotopic (exact) mass is 316 g/mol. The minimum absolute atomic E-state index is 0.262. The molecule has 1 aliphatic carbocycles. The van der Waals surface area contributed by atoms with Gasteiger partial charge >= 0.3 is 6.09 Å². The van der Waals surface area contributed by atoms with E-state index in [9.17, 15) is 4.79 Å². The van der Waals surface area contributed by atoms with Crippen LogP contribution in [0.3, 0.4) is 0 Å². The van der Waals surface area contributed by atoms with E-state index in [1.54, 1.807) is 0 Å². The van der Waals surface area contributed by atoms with Gasteiger partial charge in [-0.2, -0.15) is 0 Å². The van der Waals surface area contributed by atoms with Gasteiger partial charge in [-0.1, -0.05) is 49.6 Å². The molecule has 1 aliphatic heterocycles. The number of nitrogens with one attached hydrogen (secondary N) is 1. The van der Waals surface area contributed by atoms with Gasteiger partial charge in [0.1, 0.15) is 6.61 Å². The first-order valence-electron chi connectivity index (χ1n) is 9.02. The Kier molecular flexibility index (Phi) is 5.92. The number of carbonyl (C=O) groups is 1. The van der Waals surface area contributed by atoms with Crippen molar-refractivity contribution in [1.29, 1.82) is 0 Å². The summed E-state index contributed by atoms with van der Waals surface area (Å²) < 4.78 is 5.31. The van der Waals surface area contributed by atoms with Gasteiger partial charge in [0.2, 0.25) is 0 Å². The highest BCUT2D eigenvalue weighted by atomic mass is 16.5. The molecular formula is C19H28N2O2. The average Bonchev–Trinajstić information content (AvgIpc) is 2.62. The van der Waals surface area contributed by atoms with E-state index in [-0.39, 0.29) is 12.1 Å². The molecule has 0 bridgehead atoms. The molecule has 0 atom stereocenters. The summed E-state index contributed by atoms with van der Waals surface area (Å²) in [6.07, 6.45) is 8.68. The largest absolute Gasteiger partial charge is 0.445 e. The molecule has 126 valence electrons. The highest BCUT2D eigenvalue weighted by molar-refractivity contribution is 5.67. The van der Waals surface area contributed by atoms with Gasteiger partial charge in [-0.25, -0.2) is 4.79 Å². The fourth-order valence-corrected chi connectivity index (χ4v) is 3.79. The van der Waals surface area contributed by atoms with E-state index in [0.29, 0.717) is 6.61 Å². The van der Waals surface area contributed by atoms with E-state index < -0.39 is 0 Å². The summed E-state index contributed by atoms with van der Waals surface area (Å²) in [6, 6.07) is 10.9. The Balaban J connectivity index is 1.35. The molecule has 2 aliphatic rings. The van der Waals surface area contributed by atoms with Crippen molar-refractivity contribution in [1.82, 2.24) is 10.2 Å². The molecule has 23 heavy (non-hydrogen) atoms. The molecule has 2 fully saturated rings. The Morgan fingerprint density at radius 2 is 1.74 bits per heavy atom. The van der Waals surface area contributed by atoms with Crippen LogP contribution in [0.25, 0.3) is 0 Å². The van der Waals surface area contributed by atoms with Crippen LogP contribution < -0.4 is 5.32 Å². The van der Waals surface area contributed by atoms with Crippen molar-refractivity contribution in [2.24, 2.45) is 0 Å². The van der Waals surface area contributed by atoms with Gasteiger partial charge in [-0.3, -0.25) is 0 Å². The summed E-state index contributed by atoms with van der Waals surface area (Å²) in [5.41, 5.74) is 1.02. The number of alkyl carbamates (subject to hydrolysis) is 1. The minimum atomic E-state index is -0.287. The Labute approximate surface area is 139 Å². The van der Waals surface area contributed by atoms with Crippen molar-refractivity contribution in [3.05, 3.63) is 35.9 Å². The molecule has 0 spiro atoms. The summed E-state index contributed by atoms with van der Waals surface area (Å²) in [5.74, 6) is 0. The van der Waals surface area contributed by atoms with Crippen LogP contribution in [-0.4, -0.2) is 36.2 Å². The molecule has 1 amide bonds. The molecule has 3 rings (SSSR count). The predicted molar refractivity (Wildman–Crippen MR) is 91.2 cm³/mol. The van der Waals surface area contributed by atoms with Crippen molar-refractivity contribution in [2.45, 2.75) is 63.6 Å². The molecule has 0 radical (unpaired) electrons. The maximum absolute atomic E-state index is 11.9. The third-order valence-corrected chi connectivity index (χ3v) is 5.16. The summed E-state index contributed by atoms with van der Waals surface area (Å²) in [4.78, 5) is 14.6. The molecule has 4 nitrogen and oxygen atoms in total. The van der Waals surface area contributed by atoms with Crippen LogP contribution >= 0.6 is 0 Å². The van der Waals surface area contributed by atoms with Crippen LogP contribution in [0.15, 0.2) is 30.3 Å². The van der Waals surface area contributed by atoms with Gasteiger partial charge in [0.15, 0.2) is 0 Å². The summed E-state index contributed by atoms with van der Waals surface area (Å²) in [5, 5.41) is 3.02. The summed E-state index contributed by atoms with van der Waals surface area (Å²) >= 11 is 0. The Morgan fingerprint density at radius 3 is 2.43 bits per heavy atom. The fourth-order valence-electron chi connectivity index (χ4n) is 3.79. The van der Waals surface area contributed by atoms with Gasteiger partial charge in [0.05, 0.1) is 0 Å². The highest BCUT2D eigenvalue weighted by Gasteiger charge is 2.26. The molecule has 1 saturated carbocycles. The maximum Gasteiger partial charge on any atom is 0.407 e. The van der Waals surface area contributed by atoms with Crippen LogP contribution in [0.2, 0.25) is 0 Å². The van der Waals surface area contributed by atoms with Crippen molar-refractivity contribution < 1.29 is 9.53 Å². The van der Waals surface area contributed by atoms with Crippen LogP contribution in [0, 0.1) is 0 Å². The van der Waals surface area contributed by atoms with Crippen LogP contribution in [-0.2, 0) is 11.3 Å². The second-order valence-electron chi connectivity index (χ2n) is 6.81. The van der Waals surface area contributed by atoms with Crippen molar-refractivity contribution in [3.8, 4) is 0 Å². The quantitative estimate of drug-likeness (QED) is 0.920. The molecule has 0 aromatic heterocycles. The van der Waals surface area contributed by atoms with E-state index in [2.05, 4.69) is 10.2 Å². The van der Waals surface area contributed by atoms with Crippen molar-refractivity contribution in [3.63, 3.8) is 0 Å². The molecule has 1 N–H and O–H groups in total. The number of piperidine rings is 1. The number of carbonyl (C=O) groups excluding carboxylic acids is 1. The Hall–Kier alpha value is -1.55. The van der Waals surface area contributed by atoms with Crippen molar-refractivity contribution >= 4 is 6.09 Å². The molecule has 1 aromatic carbocycles.